The number of benzene rings is 1. The topological polar surface area (TPSA) is 24.7 Å². The molecule has 0 N–H and O–H groups in total. The fraction of sp³-hybridized carbons (Fsp3) is 0.444. The van der Waals surface area contributed by atoms with E-state index in [-0.39, 0.29) is 0 Å². The van der Waals surface area contributed by atoms with Gasteiger partial charge in [-0.05, 0) is 94.3 Å². The van der Waals surface area contributed by atoms with Crippen LogP contribution in [0.3, 0.4) is 0 Å². The van der Waals surface area contributed by atoms with Gasteiger partial charge in [-0.2, -0.15) is 0 Å². The third-order valence-corrected chi connectivity index (χ3v) is 6.06. The van der Waals surface area contributed by atoms with E-state index in [1.165, 1.54) is 43.8 Å². The molecule has 0 amide bonds. The van der Waals surface area contributed by atoms with Crippen molar-refractivity contribution in [3.8, 4) is 0 Å². The average molecular weight is 300 g/mol. The fourth-order valence-corrected chi connectivity index (χ4v) is 3.53. The highest BCUT2D eigenvalue weighted by molar-refractivity contribution is 7.16. The van der Waals surface area contributed by atoms with Crippen LogP contribution < -0.4 is 0 Å². The smallest absolute Gasteiger partial charge is 0.142 e. The van der Waals surface area contributed by atoms with Gasteiger partial charge in [0, 0.05) is 4.88 Å². The van der Waals surface area contributed by atoms with Crippen LogP contribution in [0.5, 0.6) is 0 Å². The zero-order valence-electron chi connectivity index (χ0n) is 14.3. The van der Waals surface area contributed by atoms with Gasteiger partial charge in [-0.3, -0.25) is 0 Å². The molecule has 0 saturated carbocycles. The Morgan fingerprint density at radius 2 is 1.00 bits per heavy atom. The molecule has 3 heteroatoms. The molecular formula is C18H24N2S. The highest BCUT2D eigenvalue weighted by Crippen LogP contribution is 2.37. The first kappa shape index (κ1) is 15.9. The number of thiophene rings is 1. The Hall–Kier alpha value is -1.48. The van der Waals surface area contributed by atoms with Gasteiger partial charge in [0.2, 0.25) is 0 Å². The average Bonchev–Trinajstić information content (AvgIpc) is 2.70. The summed E-state index contributed by atoms with van der Waals surface area (Å²) in [6.07, 6.45) is 0. The molecule has 0 saturated heterocycles. The summed E-state index contributed by atoms with van der Waals surface area (Å²) in [6, 6.07) is 0. The second kappa shape index (κ2) is 5.72. The molecule has 0 fully saturated rings. The standard InChI is InChI=1S/C18H24N2S/c1-9-10(2)13(5)17(14(6)11(9)3)19-20-18-15(7)12(4)16(8)21-18/h1-8H3/b20-19+. The largest absolute Gasteiger partial charge is 0.149 e. The fourth-order valence-electron chi connectivity index (χ4n) is 2.54. The van der Waals surface area contributed by atoms with Crippen molar-refractivity contribution in [3.63, 3.8) is 0 Å². The summed E-state index contributed by atoms with van der Waals surface area (Å²) in [5.74, 6) is 0. The Kier molecular flexibility index (Phi) is 4.33. The first-order valence-electron chi connectivity index (χ1n) is 7.31. The maximum absolute atomic E-state index is 4.59. The van der Waals surface area contributed by atoms with E-state index < -0.39 is 0 Å². The molecule has 1 heterocycles. The lowest BCUT2D eigenvalue weighted by Gasteiger charge is -2.14. The maximum Gasteiger partial charge on any atom is 0.142 e. The van der Waals surface area contributed by atoms with E-state index in [4.69, 9.17) is 0 Å². The van der Waals surface area contributed by atoms with Gasteiger partial charge in [-0.15, -0.1) is 21.6 Å². The van der Waals surface area contributed by atoms with Crippen LogP contribution in [0.15, 0.2) is 10.2 Å². The Labute approximate surface area is 131 Å². The van der Waals surface area contributed by atoms with Crippen LogP contribution in [0.4, 0.5) is 10.7 Å². The van der Waals surface area contributed by atoms with Crippen molar-refractivity contribution >= 4 is 22.0 Å². The summed E-state index contributed by atoms with van der Waals surface area (Å²) >= 11 is 1.72. The molecule has 0 radical (unpaired) electrons. The van der Waals surface area contributed by atoms with Crippen molar-refractivity contribution in [1.29, 1.82) is 0 Å². The number of azo groups is 1. The third-order valence-electron chi connectivity index (χ3n) is 4.86. The molecule has 0 aliphatic rings. The first-order valence-corrected chi connectivity index (χ1v) is 8.12. The summed E-state index contributed by atoms with van der Waals surface area (Å²) in [7, 11) is 0. The zero-order chi connectivity index (χ0) is 15.9. The molecule has 21 heavy (non-hydrogen) atoms. The molecule has 2 rings (SSSR count). The van der Waals surface area contributed by atoms with E-state index in [1.54, 1.807) is 11.3 Å². The van der Waals surface area contributed by atoms with E-state index in [1.807, 2.05) is 0 Å². The summed E-state index contributed by atoms with van der Waals surface area (Å²) in [5, 5.41) is 10.2. The van der Waals surface area contributed by atoms with E-state index in [0.717, 1.165) is 10.7 Å². The molecule has 0 bridgehead atoms. The molecule has 2 aromatic rings. The highest BCUT2D eigenvalue weighted by atomic mass is 32.1. The quantitative estimate of drug-likeness (QED) is 0.556. The van der Waals surface area contributed by atoms with Crippen molar-refractivity contribution in [2.45, 2.75) is 55.4 Å². The van der Waals surface area contributed by atoms with Crippen LogP contribution in [-0.2, 0) is 0 Å². The van der Waals surface area contributed by atoms with Crippen molar-refractivity contribution in [1.82, 2.24) is 0 Å². The van der Waals surface area contributed by atoms with Crippen LogP contribution in [0.1, 0.15) is 43.8 Å². The van der Waals surface area contributed by atoms with E-state index >= 15 is 0 Å². The zero-order valence-corrected chi connectivity index (χ0v) is 15.1. The van der Waals surface area contributed by atoms with Crippen LogP contribution in [0.25, 0.3) is 0 Å². The van der Waals surface area contributed by atoms with Crippen molar-refractivity contribution in [2.75, 3.05) is 0 Å². The van der Waals surface area contributed by atoms with Crippen LogP contribution >= 0.6 is 11.3 Å². The molecule has 0 atom stereocenters. The number of hydrogen-bond acceptors (Lipinski definition) is 3. The minimum atomic E-state index is 1.03. The summed E-state index contributed by atoms with van der Waals surface area (Å²) in [5.41, 5.74) is 10.1. The second-order valence-corrected chi connectivity index (χ2v) is 7.09. The van der Waals surface area contributed by atoms with Gasteiger partial charge in [0.25, 0.3) is 0 Å². The molecule has 0 aliphatic carbocycles. The number of rotatable bonds is 2. The maximum atomic E-state index is 4.59. The predicted octanol–water partition coefficient (Wildman–Crippen LogP) is 6.63. The minimum Gasteiger partial charge on any atom is -0.149 e. The van der Waals surface area contributed by atoms with Crippen LogP contribution in [0, 0.1) is 55.4 Å². The highest BCUT2D eigenvalue weighted by Gasteiger charge is 2.13. The Balaban J connectivity index is 2.54. The second-order valence-electron chi connectivity index (χ2n) is 5.89. The molecule has 0 spiro atoms. The minimum absolute atomic E-state index is 1.03. The molecule has 0 unspecified atom stereocenters. The molecule has 2 nitrogen and oxygen atoms in total. The van der Waals surface area contributed by atoms with Gasteiger partial charge in [-0.1, -0.05) is 0 Å². The third kappa shape index (κ3) is 2.67. The summed E-state index contributed by atoms with van der Waals surface area (Å²) in [4.78, 5) is 1.33. The van der Waals surface area contributed by atoms with E-state index in [9.17, 15) is 0 Å². The Bertz CT molecular complexity index is 707. The van der Waals surface area contributed by atoms with Gasteiger partial charge in [-0.25, -0.2) is 0 Å². The molecule has 1 aromatic carbocycles. The molecular weight excluding hydrogens is 276 g/mol. The molecule has 0 aliphatic heterocycles. The van der Waals surface area contributed by atoms with Gasteiger partial charge in [0.1, 0.15) is 5.00 Å². The Morgan fingerprint density at radius 3 is 1.43 bits per heavy atom. The number of hydrogen-bond donors (Lipinski definition) is 0. The normalized spacial score (nSPS) is 11.6. The van der Waals surface area contributed by atoms with Crippen molar-refractivity contribution < 1.29 is 0 Å². The van der Waals surface area contributed by atoms with Crippen molar-refractivity contribution in [3.05, 3.63) is 43.8 Å². The van der Waals surface area contributed by atoms with E-state index in [0.29, 0.717) is 0 Å². The van der Waals surface area contributed by atoms with Crippen molar-refractivity contribution in [2.24, 2.45) is 10.2 Å². The van der Waals surface area contributed by atoms with Gasteiger partial charge in [0.05, 0.1) is 5.69 Å². The Morgan fingerprint density at radius 1 is 0.524 bits per heavy atom. The lowest BCUT2D eigenvalue weighted by atomic mass is 9.93. The van der Waals surface area contributed by atoms with Crippen LogP contribution in [0.2, 0.25) is 0 Å². The number of nitrogens with zero attached hydrogens (tertiary/aromatic N) is 2. The lowest BCUT2D eigenvalue weighted by molar-refractivity contribution is 1.12. The number of aryl methyl sites for hydroxylation is 1. The molecule has 1 aromatic heterocycles. The summed E-state index contributed by atoms with van der Waals surface area (Å²) in [6.45, 7) is 17.2. The molecule has 112 valence electrons. The van der Waals surface area contributed by atoms with Gasteiger partial charge < -0.3 is 0 Å². The lowest BCUT2D eigenvalue weighted by Crippen LogP contribution is -1.95. The monoisotopic (exact) mass is 300 g/mol. The predicted molar refractivity (Wildman–Crippen MR) is 92.8 cm³/mol. The van der Waals surface area contributed by atoms with E-state index in [2.05, 4.69) is 65.6 Å². The van der Waals surface area contributed by atoms with Crippen LogP contribution in [-0.4, -0.2) is 0 Å². The summed E-state index contributed by atoms with van der Waals surface area (Å²) < 4.78 is 0. The van der Waals surface area contributed by atoms with Gasteiger partial charge >= 0.3 is 0 Å². The van der Waals surface area contributed by atoms with Gasteiger partial charge in [0.15, 0.2) is 0 Å². The first-order chi connectivity index (χ1) is 9.75. The SMILES string of the molecule is Cc1sc(/N=N/c2c(C)c(C)c(C)c(C)c2C)c(C)c1C.